The third kappa shape index (κ3) is 3.82. The van der Waals surface area contributed by atoms with Gasteiger partial charge in [0, 0.05) is 24.2 Å². The van der Waals surface area contributed by atoms with Crippen molar-refractivity contribution in [1.82, 2.24) is 15.0 Å². The predicted octanol–water partition coefficient (Wildman–Crippen LogP) is 2.40. The van der Waals surface area contributed by atoms with E-state index in [4.69, 9.17) is 4.74 Å². The van der Waals surface area contributed by atoms with E-state index in [2.05, 4.69) is 15.0 Å². The standard InChI is InChI=1S/C13H15N3O2S/c1-3-18-11(17)5-4-10-8-19-13(16-10)12-14-6-9(2)7-15-12/h6-8H,3-5H2,1-2H3. The van der Waals surface area contributed by atoms with Crippen LogP contribution in [0.1, 0.15) is 24.6 Å². The summed E-state index contributed by atoms with van der Waals surface area (Å²) in [5, 5.41) is 2.71. The van der Waals surface area contributed by atoms with Crippen LogP contribution in [-0.4, -0.2) is 27.5 Å². The quantitative estimate of drug-likeness (QED) is 0.785. The summed E-state index contributed by atoms with van der Waals surface area (Å²) in [6.45, 7) is 4.16. The average Bonchev–Trinajstić information content (AvgIpc) is 2.86. The summed E-state index contributed by atoms with van der Waals surface area (Å²) < 4.78 is 4.88. The molecule has 100 valence electrons. The highest BCUT2D eigenvalue weighted by molar-refractivity contribution is 7.13. The van der Waals surface area contributed by atoms with Crippen molar-refractivity contribution in [3.63, 3.8) is 0 Å². The Morgan fingerprint density at radius 1 is 1.37 bits per heavy atom. The number of aryl methyl sites for hydroxylation is 2. The van der Waals surface area contributed by atoms with Gasteiger partial charge >= 0.3 is 5.97 Å². The van der Waals surface area contributed by atoms with E-state index < -0.39 is 0 Å². The lowest BCUT2D eigenvalue weighted by Crippen LogP contribution is -2.05. The number of carbonyl (C=O) groups is 1. The van der Waals surface area contributed by atoms with Crippen LogP contribution in [0.15, 0.2) is 17.8 Å². The third-order valence-corrected chi connectivity index (χ3v) is 3.30. The van der Waals surface area contributed by atoms with E-state index in [1.165, 1.54) is 11.3 Å². The minimum atomic E-state index is -0.191. The van der Waals surface area contributed by atoms with Crippen LogP contribution < -0.4 is 0 Å². The van der Waals surface area contributed by atoms with Gasteiger partial charge in [0.2, 0.25) is 0 Å². The summed E-state index contributed by atoms with van der Waals surface area (Å²) in [6.07, 6.45) is 4.47. The molecular formula is C13H15N3O2S. The zero-order valence-corrected chi connectivity index (χ0v) is 11.7. The van der Waals surface area contributed by atoms with Crippen LogP contribution in [0.4, 0.5) is 0 Å². The summed E-state index contributed by atoms with van der Waals surface area (Å²) in [6, 6.07) is 0. The maximum Gasteiger partial charge on any atom is 0.306 e. The van der Waals surface area contributed by atoms with Crippen molar-refractivity contribution in [1.29, 1.82) is 0 Å². The number of thiazole rings is 1. The second-order valence-electron chi connectivity index (χ2n) is 4.03. The molecule has 5 nitrogen and oxygen atoms in total. The Morgan fingerprint density at radius 2 is 2.11 bits per heavy atom. The summed E-state index contributed by atoms with van der Waals surface area (Å²) in [5.41, 5.74) is 1.89. The van der Waals surface area contributed by atoms with Crippen LogP contribution >= 0.6 is 11.3 Å². The first-order chi connectivity index (χ1) is 9.19. The van der Waals surface area contributed by atoms with Crippen LogP contribution in [0, 0.1) is 6.92 Å². The van der Waals surface area contributed by atoms with Crippen molar-refractivity contribution in [3.05, 3.63) is 29.0 Å². The maximum absolute atomic E-state index is 11.3. The van der Waals surface area contributed by atoms with Gasteiger partial charge < -0.3 is 4.74 Å². The van der Waals surface area contributed by atoms with Crippen LogP contribution in [-0.2, 0) is 16.0 Å². The van der Waals surface area contributed by atoms with Gasteiger partial charge in [-0.05, 0) is 19.4 Å². The van der Waals surface area contributed by atoms with Crippen LogP contribution in [0.25, 0.3) is 10.8 Å². The van der Waals surface area contributed by atoms with Gasteiger partial charge in [-0.2, -0.15) is 0 Å². The smallest absolute Gasteiger partial charge is 0.306 e. The normalized spacial score (nSPS) is 10.4. The Morgan fingerprint density at radius 3 is 2.79 bits per heavy atom. The summed E-state index contributed by atoms with van der Waals surface area (Å²) >= 11 is 1.49. The highest BCUT2D eigenvalue weighted by Gasteiger charge is 2.09. The molecule has 2 rings (SSSR count). The lowest BCUT2D eigenvalue weighted by Gasteiger charge is -1.99. The number of carbonyl (C=O) groups excluding carboxylic acids is 1. The summed E-state index contributed by atoms with van der Waals surface area (Å²) in [4.78, 5) is 24.2. The average molecular weight is 277 g/mol. The molecule has 0 aliphatic carbocycles. The first-order valence-corrected chi connectivity index (χ1v) is 6.96. The highest BCUT2D eigenvalue weighted by Crippen LogP contribution is 2.20. The first-order valence-electron chi connectivity index (χ1n) is 6.08. The molecule has 0 amide bonds. The summed E-state index contributed by atoms with van der Waals surface area (Å²) in [5.74, 6) is 0.432. The minimum absolute atomic E-state index is 0.191. The van der Waals surface area contributed by atoms with Gasteiger partial charge in [0.25, 0.3) is 0 Å². The molecule has 0 fully saturated rings. The fourth-order valence-electron chi connectivity index (χ4n) is 1.49. The first kappa shape index (κ1) is 13.6. The Bertz CT molecular complexity index is 551. The molecule has 0 N–H and O–H groups in total. The number of esters is 1. The molecule has 19 heavy (non-hydrogen) atoms. The molecule has 0 saturated heterocycles. The highest BCUT2D eigenvalue weighted by atomic mass is 32.1. The largest absolute Gasteiger partial charge is 0.466 e. The molecule has 0 bridgehead atoms. The molecule has 0 unspecified atom stereocenters. The lowest BCUT2D eigenvalue weighted by atomic mass is 10.2. The van der Waals surface area contributed by atoms with Crippen molar-refractivity contribution < 1.29 is 9.53 Å². The Kier molecular flexibility index (Phi) is 4.57. The van der Waals surface area contributed by atoms with E-state index in [0.717, 1.165) is 16.3 Å². The molecule has 0 atom stereocenters. The number of rotatable bonds is 5. The van der Waals surface area contributed by atoms with Crippen LogP contribution in [0.2, 0.25) is 0 Å². The molecule has 6 heteroatoms. The van der Waals surface area contributed by atoms with Gasteiger partial charge in [-0.15, -0.1) is 11.3 Å². The number of nitrogens with zero attached hydrogens (tertiary/aromatic N) is 3. The minimum Gasteiger partial charge on any atom is -0.466 e. The maximum atomic E-state index is 11.3. The van der Waals surface area contributed by atoms with Crippen LogP contribution in [0.5, 0.6) is 0 Å². The van der Waals surface area contributed by atoms with E-state index in [0.29, 0.717) is 25.3 Å². The van der Waals surface area contributed by atoms with Gasteiger partial charge in [-0.25, -0.2) is 15.0 Å². The molecule has 0 aliphatic heterocycles. The van der Waals surface area contributed by atoms with E-state index in [1.807, 2.05) is 12.3 Å². The molecule has 0 radical (unpaired) electrons. The monoisotopic (exact) mass is 277 g/mol. The molecule has 2 aromatic heterocycles. The van der Waals surface area contributed by atoms with Gasteiger partial charge in [0.1, 0.15) is 0 Å². The molecule has 0 aliphatic rings. The molecule has 2 aromatic rings. The van der Waals surface area contributed by atoms with Gasteiger partial charge in [0.05, 0.1) is 18.7 Å². The molecule has 0 aromatic carbocycles. The number of ether oxygens (including phenoxy) is 1. The fraction of sp³-hybridized carbons (Fsp3) is 0.385. The molecule has 0 saturated carbocycles. The zero-order valence-electron chi connectivity index (χ0n) is 10.9. The summed E-state index contributed by atoms with van der Waals surface area (Å²) in [7, 11) is 0. The fourth-order valence-corrected chi connectivity index (χ4v) is 2.29. The Hall–Kier alpha value is -1.82. The van der Waals surface area contributed by atoms with Crippen molar-refractivity contribution in [3.8, 4) is 10.8 Å². The van der Waals surface area contributed by atoms with E-state index in [-0.39, 0.29) is 5.97 Å². The van der Waals surface area contributed by atoms with Gasteiger partial charge in [0.15, 0.2) is 10.8 Å². The SMILES string of the molecule is CCOC(=O)CCc1csc(-c2ncc(C)cn2)n1. The number of hydrogen-bond acceptors (Lipinski definition) is 6. The molecule has 0 spiro atoms. The number of aromatic nitrogens is 3. The van der Waals surface area contributed by atoms with Crippen molar-refractivity contribution in [2.24, 2.45) is 0 Å². The van der Waals surface area contributed by atoms with Crippen molar-refractivity contribution in [2.75, 3.05) is 6.61 Å². The topological polar surface area (TPSA) is 65.0 Å². The van der Waals surface area contributed by atoms with E-state index in [1.54, 1.807) is 19.3 Å². The second kappa shape index (κ2) is 6.38. The van der Waals surface area contributed by atoms with Crippen molar-refractivity contribution in [2.45, 2.75) is 26.7 Å². The Balaban J connectivity index is 1.99. The number of hydrogen-bond donors (Lipinski definition) is 0. The molecular weight excluding hydrogens is 262 g/mol. The zero-order chi connectivity index (χ0) is 13.7. The van der Waals surface area contributed by atoms with Gasteiger partial charge in [-0.1, -0.05) is 0 Å². The second-order valence-corrected chi connectivity index (χ2v) is 4.89. The predicted molar refractivity (Wildman–Crippen MR) is 72.8 cm³/mol. The molecule has 2 heterocycles. The van der Waals surface area contributed by atoms with E-state index >= 15 is 0 Å². The lowest BCUT2D eigenvalue weighted by molar-refractivity contribution is -0.143. The Labute approximate surface area is 115 Å². The third-order valence-electron chi connectivity index (χ3n) is 2.41. The van der Waals surface area contributed by atoms with Crippen LogP contribution in [0.3, 0.4) is 0 Å². The van der Waals surface area contributed by atoms with E-state index in [9.17, 15) is 4.79 Å². The van der Waals surface area contributed by atoms with Gasteiger partial charge in [-0.3, -0.25) is 4.79 Å². The van der Waals surface area contributed by atoms with Crippen molar-refractivity contribution >= 4 is 17.3 Å².